The van der Waals surface area contributed by atoms with Crippen molar-refractivity contribution in [2.24, 2.45) is 40.9 Å². The molecule has 4 bridgehead atoms. The molecule has 124 valence electrons. The third-order valence-electron chi connectivity index (χ3n) is 7.58. The number of hydrogen-bond donors (Lipinski definition) is 0. The second-order valence-electron chi connectivity index (χ2n) is 8.88. The van der Waals surface area contributed by atoms with Gasteiger partial charge in [-0.05, 0) is 87.9 Å². The molecule has 0 radical (unpaired) electrons. The largest absolute Gasteiger partial charge is 0.438 e. The van der Waals surface area contributed by atoms with Gasteiger partial charge in [-0.25, -0.2) is 0 Å². The fraction of sp³-hybridized carbons (Fsp3) is 0.947. The summed E-state index contributed by atoms with van der Waals surface area (Å²) in [6.45, 7) is 6.05. The minimum absolute atomic E-state index is 0.129. The Morgan fingerprint density at radius 2 is 1.77 bits per heavy atom. The molecule has 7 atom stereocenters. The summed E-state index contributed by atoms with van der Waals surface area (Å²) in [5, 5.41) is 0. The normalized spacial score (nSPS) is 45.3. The van der Waals surface area contributed by atoms with Crippen LogP contribution in [0.5, 0.6) is 0 Å². The van der Waals surface area contributed by atoms with Crippen LogP contribution >= 0.6 is 0 Å². The Morgan fingerprint density at radius 1 is 1.05 bits per heavy atom. The van der Waals surface area contributed by atoms with Crippen molar-refractivity contribution in [3.63, 3.8) is 0 Å². The van der Waals surface area contributed by atoms with Gasteiger partial charge in [-0.1, -0.05) is 6.92 Å². The lowest BCUT2D eigenvalue weighted by Gasteiger charge is -2.38. The van der Waals surface area contributed by atoms with Gasteiger partial charge < -0.3 is 9.47 Å². The van der Waals surface area contributed by atoms with E-state index in [1.54, 1.807) is 0 Å². The van der Waals surface area contributed by atoms with Crippen LogP contribution in [0.15, 0.2) is 0 Å². The summed E-state index contributed by atoms with van der Waals surface area (Å²) in [6, 6.07) is 0. The van der Waals surface area contributed by atoms with Gasteiger partial charge in [0.15, 0.2) is 6.79 Å². The topological polar surface area (TPSA) is 35.5 Å². The van der Waals surface area contributed by atoms with E-state index in [0.717, 1.165) is 41.9 Å². The third kappa shape index (κ3) is 2.15. The van der Waals surface area contributed by atoms with Gasteiger partial charge in [-0.15, -0.1) is 0 Å². The van der Waals surface area contributed by atoms with Gasteiger partial charge in [0.25, 0.3) is 0 Å². The number of carbonyl (C=O) groups excluding carboxylic acids is 1. The first-order chi connectivity index (χ1) is 10.5. The molecule has 4 saturated carbocycles. The van der Waals surface area contributed by atoms with Gasteiger partial charge in [0.05, 0.1) is 11.5 Å². The van der Waals surface area contributed by atoms with Gasteiger partial charge in [0.1, 0.15) is 0 Å². The molecule has 0 aromatic carbocycles. The maximum atomic E-state index is 12.0. The van der Waals surface area contributed by atoms with Crippen LogP contribution in [0.4, 0.5) is 0 Å². The molecule has 0 spiro atoms. The molecule has 4 aliphatic rings. The molecular weight excluding hydrogens is 276 g/mol. The van der Waals surface area contributed by atoms with E-state index in [9.17, 15) is 4.79 Å². The highest BCUT2D eigenvalue weighted by atomic mass is 16.7. The Morgan fingerprint density at radius 3 is 2.50 bits per heavy atom. The van der Waals surface area contributed by atoms with Crippen LogP contribution in [0.25, 0.3) is 0 Å². The number of rotatable bonds is 5. The first-order valence-electron chi connectivity index (χ1n) is 9.30. The van der Waals surface area contributed by atoms with Crippen LogP contribution in [0, 0.1) is 40.9 Å². The van der Waals surface area contributed by atoms with E-state index < -0.39 is 5.41 Å². The van der Waals surface area contributed by atoms with Crippen molar-refractivity contribution in [2.75, 3.05) is 6.79 Å². The molecule has 7 unspecified atom stereocenters. The second-order valence-corrected chi connectivity index (χ2v) is 8.88. The quantitative estimate of drug-likeness (QED) is 0.437. The average molecular weight is 306 g/mol. The molecule has 0 saturated heterocycles. The van der Waals surface area contributed by atoms with Crippen molar-refractivity contribution in [1.29, 1.82) is 0 Å². The highest BCUT2D eigenvalue weighted by molar-refractivity contribution is 5.75. The molecule has 22 heavy (non-hydrogen) atoms. The maximum Gasteiger partial charge on any atom is 0.313 e. The fourth-order valence-corrected chi connectivity index (χ4v) is 6.21. The lowest BCUT2D eigenvalue weighted by atomic mass is 9.70. The molecule has 0 aliphatic heterocycles. The van der Waals surface area contributed by atoms with E-state index in [1.807, 2.05) is 20.8 Å². The summed E-state index contributed by atoms with van der Waals surface area (Å²) in [7, 11) is 0. The van der Waals surface area contributed by atoms with E-state index in [-0.39, 0.29) is 12.8 Å². The van der Waals surface area contributed by atoms with E-state index in [2.05, 4.69) is 0 Å². The Balaban J connectivity index is 1.30. The van der Waals surface area contributed by atoms with Crippen molar-refractivity contribution in [2.45, 2.75) is 65.4 Å². The molecule has 3 nitrogen and oxygen atoms in total. The van der Waals surface area contributed by atoms with Crippen LogP contribution in [-0.2, 0) is 14.3 Å². The fourth-order valence-electron chi connectivity index (χ4n) is 6.21. The summed E-state index contributed by atoms with van der Waals surface area (Å²) in [5.41, 5.74) is -0.395. The molecule has 0 N–H and O–H groups in total. The molecular formula is C19H30O3. The standard InChI is InChI=1S/C19H30O3/c1-4-19(2,3)18(20)22-10-21-15-9-13-8-14(15)17-12-6-5-11(7-12)16(13)17/h11-17H,4-10H2,1-3H3. The maximum absolute atomic E-state index is 12.0. The first kappa shape index (κ1) is 15.0. The van der Waals surface area contributed by atoms with Crippen molar-refractivity contribution in [1.82, 2.24) is 0 Å². The van der Waals surface area contributed by atoms with E-state index >= 15 is 0 Å². The summed E-state index contributed by atoms with van der Waals surface area (Å²) in [4.78, 5) is 12.0. The zero-order valence-electron chi connectivity index (χ0n) is 14.2. The minimum Gasteiger partial charge on any atom is -0.438 e. The van der Waals surface area contributed by atoms with Crippen LogP contribution in [-0.4, -0.2) is 18.9 Å². The zero-order chi connectivity index (χ0) is 15.5. The van der Waals surface area contributed by atoms with Crippen LogP contribution in [0.3, 0.4) is 0 Å². The number of fused-ring (bicyclic) bond motifs is 9. The lowest BCUT2D eigenvalue weighted by molar-refractivity contribution is -0.175. The lowest BCUT2D eigenvalue weighted by Crippen LogP contribution is -2.37. The van der Waals surface area contributed by atoms with Crippen LogP contribution < -0.4 is 0 Å². The first-order valence-corrected chi connectivity index (χ1v) is 9.30. The minimum atomic E-state index is -0.395. The zero-order valence-corrected chi connectivity index (χ0v) is 14.2. The predicted octanol–water partition coefficient (Wildman–Crippen LogP) is 4.01. The van der Waals surface area contributed by atoms with E-state index in [1.165, 1.54) is 32.1 Å². The van der Waals surface area contributed by atoms with Crippen LogP contribution in [0.1, 0.15) is 59.3 Å². The van der Waals surface area contributed by atoms with Gasteiger partial charge in [0.2, 0.25) is 0 Å². The Bertz CT molecular complexity index is 458. The molecule has 4 fully saturated rings. The summed E-state index contributed by atoms with van der Waals surface area (Å²) >= 11 is 0. The van der Waals surface area contributed by atoms with Gasteiger partial charge in [-0.3, -0.25) is 4.79 Å². The Hall–Kier alpha value is -0.570. The monoisotopic (exact) mass is 306 g/mol. The Kier molecular flexibility index (Phi) is 3.56. The second kappa shape index (κ2) is 5.22. The van der Waals surface area contributed by atoms with Crippen LogP contribution in [0.2, 0.25) is 0 Å². The molecule has 0 heterocycles. The Labute approximate surface area is 134 Å². The molecule has 0 amide bonds. The molecule has 4 rings (SSSR count). The van der Waals surface area contributed by atoms with Crippen molar-refractivity contribution in [3.05, 3.63) is 0 Å². The molecule has 0 aromatic heterocycles. The summed E-state index contributed by atoms with van der Waals surface area (Å²) in [5.74, 6) is 5.50. The van der Waals surface area contributed by atoms with Crippen molar-refractivity contribution in [3.8, 4) is 0 Å². The molecule has 0 aromatic rings. The van der Waals surface area contributed by atoms with Gasteiger partial charge >= 0.3 is 5.97 Å². The number of hydrogen-bond acceptors (Lipinski definition) is 3. The summed E-state index contributed by atoms with van der Waals surface area (Å²) < 4.78 is 11.4. The number of esters is 1. The highest BCUT2D eigenvalue weighted by Crippen LogP contribution is 2.67. The van der Waals surface area contributed by atoms with Gasteiger partial charge in [-0.2, -0.15) is 0 Å². The number of ether oxygens (including phenoxy) is 2. The SMILES string of the molecule is CCC(C)(C)C(=O)OCOC1CC2CC1C1C3CCC(C3)C21. The van der Waals surface area contributed by atoms with Crippen molar-refractivity contribution < 1.29 is 14.3 Å². The average Bonchev–Trinajstić information content (AvgIpc) is 3.25. The third-order valence-corrected chi connectivity index (χ3v) is 7.58. The molecule has 4 aliphatic carbocycles. The van der Waals surface area contributed by atoms with E-state index in [4.69, 9.17) is 9.47 Å². The highest BCUT2D eigenvalue weighted by Gasteiger charge is 2.62. The van der Waals surface area contributed by atoms with E-state index in [0.29, 0.717) is 6.10 Å². The molecule has 3 heteroatoms. The van der Waals surface area contributed by atoms with Gasteiger partial charge in [0, 0.05) is 0 Å². The van der Waals surface area contributed by atoms with Crippen molar-refractivity contribution >= 4 is 5.97 Å². The smallest absolute Gasteiger partial charge is 0.313 e. The summed E-state index contributed by atoms with van der Waals surface area (Å²) in [6.07, 6.45) is 8.18. The number of carbonyl (C=O) groups is 1. The predicted molar refractivity (Wildman–Crippen MR) is 83.9 cm³/mol.